The van der Waals surface area contributed by atoms with Crippen LogP contribution in [0.4, 0.5) is 5.13 Å². The highest BCUT2D eigenvalue weighted by atomic mass is 32.3. The minimum Gasteiger partial charge on any atom is -0.716 e. The van der Waals surface area contributed by atoms with Gasteiger partial charge in [0.1, 0.15) is 11.5 Å². The lowest BCUT2D eigenvalue weighted by atomic mass is 9.54. The molecule has 3 unspecified atom stereocenters. The second-order valence-corrected chi connectivity index (χ2v) is 12.6. The van der Waals surface area contributed by atoms with Crippen molar-refractivity contribution in [3.63, 3.8) is 0 Å². The molecule has 1 N–H and O–H groups in total. The molecule has 2 fully saturated rings. The number of amides is 1. The van der Waals surface area contributed by atoms with Crippen molar-refractivity contribution < 1.29 is 26.7 Å². The van der Waals surface area contributed by atoms with Crippen molar-refractivity contribution in [1.82, 2.24) is 4.98 Å². The van der Waals surface area contributed by atoms with Gasteiger partial charge in [-0.15, -0.1) is 11.3 Å². The van der Waals surface area contributed by atoms with Gasteiger partial charge in [0, 0.05) is 29.3 Å². The van der Waals surface area contributed by atoms with Gasteiger partial charge in [0.25, 0.3) is 10.4 Å². The molecule has 1 amide bonds. The molecule has 0 radical (unpaired) electrons. The van der Waals surface area contributed by atoms with Crippen molar-refractivity contribution in [2.45, 2.75) is 64.7 Å². The molecule has 0 aliphatic heterocycles. The number of hydrogen-bond acceptors (Lipinski definition) is 8. The molecule has 10 heteroatoms. The van der Waals surface area contributed by atoms with E-state index < -0.39 is 10.4 Å². The van der Waals surface area contributed by atoms with Gasteiger partial charge in [-0.1, -0.05) is 13.0 Å². The van der Waals surface area contributed by atoms with Gasteiger partial charge in [-0.3, -0.25) is 9.59 Å². The van der Waals surface area contributed by atoms with Crippen LogP contribution >= 0.6 is 11.3 Å². The first-order valence-electron chi connectivity index (χ1n) is 12.1. The van der Waals surface area contributed by atoms with Crippen LogP contribution in [0.15, 0.2) is 24.4 Å². The predicted octanol–water partition coefficient (Wildman–Crippen LogP) is 4.36. The van der Waals surface area contributed by atoms with Crippen molar-refractivity contribution >= 4 is 38.6 Å². The van der Waals surface area contributed by atoms with Crippen molar-refractivity contribution in [2.75, 3.05) is 5.32 Å². The van der Waals surface area contributed by atoms with Crippen LogP contribution in [0.1, 0.15) is 67.4 Å². The Bertz CT molecular complexity index is 1270. The largest absolute Gasteiger partial charge is 0.716 e. The van der Waals surface area contributed by atoms with E-state index in [1.165, 1.54) is 11.3 Å². The van der Waals surface area contributed by atoms with Gasteiger partial charge in [-0.25, -0.2) is 13.4 Å². The lowest BCUT2D eigenvalue weighted by Crippen LogP contribution is -2.44. The van der Waals surface area contributed by atoms with Crippen LogP contribution in [-0.2, 0) is 26.4 Å². The normalized spacial score (nSPS) is 29.7. The van der Waals surface area contributed by atoms with Crippen LogP contribution in [0.2, 0.25) is 0 Å². The van der Waals surface area contributed by atoms with Crippen LogP contribution in [0.3, 0.4) is 0 Å². The molecule has 5 rings (SSSR count). The Morgan fingerprint density at radius 2 is 2.14 bits per heavy atom. The number of fused-ring (bicyclic) bond motifs is 5. The fourth-order valence-corrected chi connectivity index (χ4v) is 7.98. The fourth-order valence-electron chi connectivity index (χ4n) is 6.96. The van der Waals surface area contributed by atoms with E-state index in [4.69, 9.17) is 0 Å². The summed E-state index contributed by atoms with van der Waals surface area (Å²) in [6.45, 7) is 4.06. The van der Waals surface area contributed by atoms with Crippen LogP contribution < -0.4 is 9.50 Å². The first-order chi connectivity index (χ1) is 16.5. The first-order valence-corrected chi connectivity index (χ1v) is 14.2. The summed E-state index contributed by atoms with van der Waals surface area (Å²) in [6, 6.07) is 5.09. The van der Waals surface area contributed by atoms with Gasteiger partial charge < -0.3 is 14.1 Å². The number of nitrogens with one attached hydrogen (secondary N) is 1. The number of benzene rings is 1. The lowest BCUT2D eigenvalue weighted by molar-refractivity contribution is -0.129. The summed E-state index contributed by atoms with van der Waals surface area (Å²) >= 11 is 1.45. The van der Waals surface area contributed by atoms with Crippen LogP contribution in [0.25, 0.3) is 0 Å². The second kappa shape index (κ2) is 8.97. The molecule has 5 atom stereocenters. The second-order valence-electron chi connectivity index (χ2n) is 10.4. The summed E-state index contributed by atoms with van der Waals surface area (Å²) in [5, 5.41) is 3.48. The molecule has 0 saturated heterocycles. The highest BCUT2D eigenvalue weighted by Crippen LogP contribution is 2.62. The fraction of sp³-hybridized carbons (Fsp3) is 0.560. The third kappa shape index (κ3) is 4.75. The molecule has 0 spiro atoms. The Morgan fingerprint density at radius 1 is 1.34 bits per heavy atom. The smallest absolute Gasteiger partial charge is 0.262 e. The quantitative estimate of drug-likeness (QED) is 0.446. The number of aromatic nitrogens is 1. The van der Waals surface area contributed by atoms with Gasteiger partial charge >= 0.3 is 0 Å². The maximum absolute atomic E-state index is 13.2. The third-order valence-electron chi connectivity index (χ3n) is 8.35. The number of nitrogens with zero attached hydrogens (tertiary/aromatic N) is 1. The number of thiazole rings is 1. The van der Waals surface area contributed by atoms with E-state index in [1.807, 2.05) is 13.0 Å². The molecule has 0 bridgehead atoms. The zero-order chi connectivity index (χ0) is 25.0. The maximum Gasteiger partial charge on any atom is 0.262 e. The van der Waals surface area contributed by atoms with Crippen LogP contribution in [0, 0.1) is 30.1 Å². The van der Waals surface area contributed by atoms with E-state index in [1.54, 1.807) is 18.3 Å². The molecule has 35 heavy (non-hydrogen) atoms. The summed E-state index contributed by atoms with van der Waals surface area (Å²) < 4.78 is 37.5. The first kappa shape index (κ1) is 24.4. The van der Waals surface area contributed by atoms with Gasteiger partial charge in [-0.05, 0) is 86.0 Å². The summed E-state index contributed by atoms with van der Waals surface area (Å²) in [6.07, 6.45) is 6.63. The molecule has 188 valence electrons. The highest BCUT2D eigenvalue weighted by Gasteiger charge is 2.58. The number of carbonyl (C=O) groups is 2. The number of rotatable bonds is 6. The molecular formula is C25H29N2O6S2-. The molecule has 8 nitrogen and oxygen atoms in total. The van der Waals surface area contributed by atoms with Gasteiger partial charge in [0.15, 0.2) is 5.13 Å². The average Bonchev–Trinajstić information content (AvgIpc) is 3.30. The Morgan fingerprint density at radius 3 is 2.86 bits per heavy atom. The molecule has 3 aliphatic rings. The number of carbonyl (C=O) groups excluding carboxylic acids is 2. The Balaban J connectivity index is 1.33. The van der Waals surface area contributed by atoms with Gasteiger partial charge in [-0.2, -0.15) is 0 Å². The molecule has 2 saturated carbocycles. The van der Waals surface area contributed by atoms with E-state index in [0.717, 1.165) is 41.7 Å². The molecule has 1 aromatic heterocycles. The Labute approximate surface area is 209 Å². The zero-order valence-corrected chi connectivity index (χ0v) is 21.4. The topological polar surface area (TPSA) is 125 Å². The van der Waals surface area contributed by atoms with Crippen molar-refractivity contribution in [1.29, 1.82) is 0 Å². The van der Waals surface area contributed by atoms with Gasteiger partial charge in [0.05, 0.1) is 0 Å². The summed E-state index contributed by atoms with van der Waals surface area (Å²) in [7, 11) is -4.82. The average molecular weight is 518 g/mol. The standard InChI is InChI=1S/C25H30N2O6S2/c1-14-13-26-24(34-14)27-22(29)8-4-16-12-21(28)25(2)10-9-19-18-7-5-17(33-35(30,31)32)11-15(18)3-6-20(19)23(16)25/h5,7,11,13,16,19-20,23H,3-4,6,8-10,12H2,1-2H3,(H,26,27,29)(H,30,31,32)/p-1/t16-,19?,20?,23?,25-/m1/s1. The van der Waals surface area contributed by atoms with E-state index in [-0.39, 0.29) is 34.8 Å². The number of anilines is 1. The lowest BCUT2D eigenvalue weighted by Gasteiger charge is -2.50. The van der Waals surface area contributed by atoms with Crippen LogP contribution in [0.5, 0.6) is 5.75 Å². The summed E-state index contributed by atoms with van der Waals surface area (Å²) in [5.74, 6) is 1.29. The number of aryl methyl sites for hydroxylation is 2. The molecule has 2 aromatic rings. The van der Waals surface area contributed by atoms with Gasteiger partial charge in [0.2, 0.25) is 5.91 Å². The molecular weight excluding hydrogens is 488 g/mol. The van der Waals surface area contributed by atoms with Crippen LogP contribution in [-0.4, -0.2) is 29.6 Å². The number of Topliss-reactive ketones (excluding diaryl/α,β-unsaturated/α-hetero) is 1. The van der Waals surface area contributed by atoms with Crippen molar-refractivity contribution in [2.24, 2.45) is 23.2 Å². The van der Waals surface area contributed by atoms with E-state index in [0.29, 0.717) is 36.1 Å². The minimum atomic E-state index is -4.82. The SMILES string of the molecule is Cc1cnc(NC(=O)CC[C@@H]2CC(=O)[C@@]3(C)CCC4c5ccc(OS(=O)(=O)[O-])cc5CCC4C23)s1. The molecule has 3 aliphatic carbocycles. The van der Waals surface area contributed by atoms with Crippen molar-refractivity contribution in [3.05, 3.63) is 40.4 Å². The maximum atomic E-state index is 13.2. The number of ketones is 1. The van der Waals surface area contributed by atoms with E-state index >= 15 is 0 Å². The Kier molecular flexibility index (Phi) is 6.26. The zero-order valence-electron chi connectivity index (χ0n) is 19.8. The molecule has 1 aromatic carbocycles. The monoisotopic (exact) mass is 517 g/mol. The summed E-state index contributed by atoms with van der Waals surface area (Å²) in [4.78, 5) is 31.0. The summed E-state index contributed by atoms with van der Waals surface area (Å²) in [5.41, 5.74) is 1.82. The highest BCUT2D eigenvalue weighted by molar-refractivity contribution is 7.81. The Hall–Kier alpha value is -2.30. The number of hydrogen-bond donors (Lipinski definition) is 1. The predicted molar refractivity (Wildman–Crippen MR) is 130 cm³/mol. The van der Waals surface area contributed by atoms with E-state index in [2.05, 4.69) is 21.4 Å². The minimum absolute atomic E-state index is 0.0493. The van der Waals surface area contributed by atoms with E-state index in [9.17, 15) is 22.6 Å². The molecule has 1 heterocycles. The third-order valence-corrected chi connectivity index (χ3v) is 9.57. The van der Waals surface area contributed by atoms with Crippen molar-refractivity contribution in [3.8, 4) is 5.75 Å².